The van der Waals surface area contributed by atoms with Gasteiger partial charge in [0.25, 0.3) is 6.43 Å². The molecule has 0 saturated heterocycles. The SMILES string of the molecule is COc1cnc(CCl)c(C(F)F)c1CO. The predicted octanol–water partition coefficient (Wildman–Crippen LogP) is 2.26. The van der Waals surface area contributed by atoms with Crippen molar-refractivity contribution in [2.24, 2.45) is 0 Å². The Morgan fingerprint density at radius 2 is 2.27 bits per heavy atom. The molecular weight excluding hydrogens is 228 g/mol. The first-order valence-corrected chi connectivity index (χ1v) is 4.68. The number of ether oxygens (including phenoxy) is 1. The van der Waals surface area contributed by atoms with Gasteiger partial charge in [-0.05, 0) is 0 Å². The van der Waals surface area contributed by atoms with Gasteiger partial charge in [-0.3, -0.25) is 4.98 Å². The maximum absolute atomic E-state index is 12.7. The molecule has 0 spiro atoms. The summed E-state index contributed by atoms with van der Waals surface area (Å²) in [4.78, 5) is 3.75. The lowest BCUT2D eigenvalue weighted by Gasteiger charge is -2.13. The van der Waals surface area contributed by atoms with Gasteiger partial charge in [0, 0.05) is 11.1 Å². The molecular formula is C9H10ClF2NO2. The van der Waals surface area contributed by atoms with E-state index in [9.17, 15) is 8.78 Å². The van der Waals surface area contributed by atoms with E-state index in [1.807, 2.05) is 0 Å². The Labute approximate surface area is 90.7 Å². The molecule has 0 aromatic carbocycles. The summed E-state index contributed by atoms with van der Waals surface area (Å²) >= 11 is 5.48. The normalized spacial score (nSPS) is 10.8. The van der Waals surface area contributed by atoms with Crippen LogP contribution in [-0.2, 0) is 12.5 Å². The van der Waals surface area contributed by atoms with Crippen LogP contribution in [0.25, 0.3) is 0 Å². The minimum Gasteiger partial charge on any atom is -0.495 e. The summed E-state index contributed by atoms with van der Waals surface area (Å²) in [6.45, 7) is -0.532. The number of halogens is 3. The van der Waals surface area contributed by atoms with E-state index in [4.69, 9.17) is 21.4 Å². The second-order valence-electron chi connectivity index (χ2n) is 2.76. The summed E-state index contributed by atoms with van der Waals surface area (Å²) in [7, 11) is 1.33. The molecule has 15 heavy (non-hydrogen) atoms. The van der Waals surface area contributed by atoms with E-state index in [2.05, 4.69) is 4.98 Å². The van der Waals surface area contributed by atoms with E-state index in [0.717, 1.165) is 0 Å². The maximum Gasteiger partial charge on any atom is 0.266 e. The number of alkyl halides is 3. The van der Waals surface area contributed by atoms with Crippen molar-refractivity contribution >= 4 is 11.6 Å². The number of hydrogen-bond acceptors (Lipinski definition) is 3. The van der Waals surface area contributed by atoms with Crippen molar-refractivity contribution in [1.29, 1.82) is 0 Å². The molecule has 0 aliphatic carbocycles. The molecule has 1 heterocycles. The summed E-state index contributed by atoms with van der Waals surface area (Å²) in [6.07, 6.45) is -1.46. The number of rotatable bonds is 4. The number of aromatic nitrogens is 1. The van der Waals surface area contributed by atoms with Crippen molar-refractivity contribution in [3.63, 3.8) is 0 Å². The van der Waals surface area contributed by atoms with Crippen molar-refractivity contribution < 1.29 is 18.6 Å². The molecule has 1 aromatic heterocycles. The average Bonchev–Trinajstić information content (AvgIpc) is 2.26. The number of nitrogens with zero attached hydrogens (tertiary/aromatic N) is 1. The van der Waals surface area contributed by atoms with Crippen LogP contribution in [0.1, 0.15) is 23.2 Å². The van der Waals surface area contributed by atoms with Gasteiger partial charge >= 0.3 is 0 Å². The van der Waals surface area contributed by atoms with E-state index in [1.54, 1.807) is 0 Å². The molecule has 6 heteroatoms. The van der Waals surface area contributed by atoms with Crippen molar-refractivity contribution in [2.75, 3.05) is 7.11 Å². The lowest BCUT2D eigenvalue weighted by molar-refractivity contribution is 0.144. The fourth-order valence-electron chi connectivity index (χ4n) is 1.29. The molecule has 84 valence electrons. The summed E-state index contributed by atoms with van der Waals surface area (Å²) in [6, 6.07) is 0. The first kappa shape index (κ1) is 12.1. The zero-order chi connectivity index (χ0) is 11.4. The first-order chi connectivity index (χ1) is 7.15. The number of hydrogen-bond donors (Lipinski definition) is 1. The molecule has 0 aliphatic rings. The molecule has 0 bridgehead atoms. The van der Waals surface area contributed by atoms with E-state index in [-0.39, 0.29) is 28.5 Å². The minimum atomic E-state index is -2.73. The molecule has 0 atom stereocenters. The maximum atomic E-state index is 12.7. The second-order valence-corrected chi connectivity index (χ2v) is 3.03. The van der Waals surface area contributed by atoms with Gasteiger partial charge in [0.15, 0.2) is 0 Å². The quantitative estimate of drug-likeness (QED) is 0.817. The van der Waals surface area contributed by atoms with Crippen molar-refractivity contribution in [3.05, 3.63) is 23.0 Å². The highest BCUT2D eigenvalue weighted by molar-refractivity contribution is 6.17. The number of pyridine rings is 1. The van der Waals surface area contributed by atoms with Crippen LogP contribution >= 0.6 is 11.6 Å². The van der Waals surface area contributed by atoms with Crippen molar-refractivity contribution in [2.45, 2.75) is 18.9 Å². The Morgan fingerprint density at radius 1 is 1.60 bits per heavy atom. The van der Waals surface area contributed by atoms with E-state index < -0.39 is 13.0 Å². The Bertz CT molecular complexity index is 347. The van der Waals surface area contributed by atoms with Gasteiger partial charge in [-0.2, -0.15) is 0 Å². The second kappa shape index (κ2) is 5.23. The Kier molecular flexibility index (Phi) is 4.23. The fourth-order valence-corrected chi connectivity index (χ4v) is 1.51. The molecule has 0 amide bonds. The number of aliphatic hydroxyl groups excluding tert-OH is 1. The zero-order valence-corrected chi connectivity index (χ0v) is 8.76. The van der Waals surface area contributed by atoms with Gasteiger partial charge in [-0.25, -0.2) is 8.78 Å². The van der Waals surface area contributed by atoms with Crippen LogP contribution in [-0.4, -0.2) is 17.2 Å². The largest absolute Gasteiger partial charge is 0.495 e. The lowest BCUT2D eigenvalue weighted by Crippen LogP contribution is -2.05. The van der Waals surface area contributed by atoms with Crippen LogP contribution in [0, 0.1) is 0 Å². The molecule has 0 fully saturated rings. The highest BCUT2D eigenvalue weighted by Crippen LogP contribution is 2.32. The summed E-state index contributed by atoms with van der Waals surface area (Å²) < 4.78 is 30.3. The van der Waals surface area contributed by atoms with Gasteiger partial charge < -0.3 is 9.84 Å². The molecule has 1 aromatic rings. The Hall–Kier alpha value is -0.940. The Balaban J connectivity index is 3.37. The van der Waals surface area contributed by atoms with Crippen LogP contribution in [0.5, 0.6) is 5.75 Å². The van der Waals surface area contributed by atoms with E-state index in [1.165, 1.54) is 13.3 Å². The standard InChI is InChI=1S/C9H10ClF2NO2/c1-15-7-3-13-6(2-10)8(9(11)12)5(7)4-14/h3,9,14H,2,4H2,1H3. The van der Waals surface area contributed by atoms with E-state index >= 15 is 0 Å². The smallest absolute Gasteiger partial charge is 0.266 e. The Morgan fingerprint density at radius 3 is 2.67 bits per heavy atom. The average molecular weight is 238 g/mol. The highest BCUT2D eigenvalue weighted by Gasteiger charge is 2.21. The monoisotopic (exact) mass is 237 g/mol. The van der Waals surface area contributed by atoms with Crippen LogP contribution in [0.15, 0.2) is 6.20 Å². The van der Waals surface area contributed by atoms with Gasteiger partial charge in [0.05, 0.1) is 31.5 Å². The molecule has 1 rings (SSSR count). The molecule has 3 nitrogen and oxygen atoms in total. The van der Waals surface area contributed by atoms with Crippen LogP contribution in [0.3, 0.4) is 0 Å². The van der Waals surface area contributed by atoms with Crippen molar-refractivity contribution in [3.8, 4) is 5.75 Å². The van der Waals surface area contributed by atoms with E-state index in [0.29, 0.717) is 0 Å². The molecule has 0 saturated carbocycles. The third kappa shape index (κ3) is 2.35. The van der Waals surface area contributed by atoms with Gasteiger partial charge in [-0.1, -0.05) is 0 Å². The van der Waals surface area contributed by atoms with Crippen molar-refractivity contribution in [1.82, 2.24) is 4.98 Å². The fraction of sp³-hybridized carbons (Fsp3) is 0.444. The zero-order valence-electron chi connectivity index (χ0n) is 8.01. The highest BCUT2D eigenvalue weighted by atomic mass is 35.5. The van der Waals surface area contributed by atoms with Crippen LogP contribution in [0.4, 0.5) is 8.78 Å². The number of methoxy groups -OCH3 is 1. The predicted molar refractivity (Wildman–Crippen MR) is 51.2 cm³/mol. The molecule has 0 radical (unpaired) electrons. The molecule has 0 unspecified atom stereocenters. The topological polar surface area (TPSA) is 42.4 Å². The molecule has 1 N–H and O–H groups in total. The molecule has 0 aliphatic heterocycles. The third-order valence-corrected chi connectivity index (χ3v) is 2.25. The lowest BCUT2D eigenvalue weighted by atomic mass is 10.1. The van der Waals surface area contributed by atoms with Gasteiger partial charge in [0.1, 0.15) is 5.75 Å². The third-order valence-electron chi connectivity index (χ3n) is 1.99. The van der Waals surface area contributed by atoms with Gasteiger partial charge in [-0.15, -0.1) is 11.6 Å². The van der Waals surface area contributed by atoms with Crippen LogP contribution in [0.2, 0.25) is 0 Å². The summed E-state index contributed by atoms with van der Waals surface area (Å²) in [5, 5.41) is 9.02. The van der Waals surface area contributed by atoms with Crippen LogP contribution < -0.4 is 4.74 Å². The van der Waals surface area contributed by atoms with Gasteiger partial charge in [0.2, 0.25) is 0 Å². The summed E-state index contributed by atoms with van der Waals surface area (Å²) in [5.74, 6) is 0.0121. The summed E-state index contributed by atoms with van der Waals surface area (Å²) in [5.41, 5.74) is -0.235. The first-order valence-electron chi connectivity index (χ1n) is 4.15. The number of aliphatic hydroxyl groups is 1. The minimum absolute atomic E-state index is 0.0400.